The highest BCUT2D eigenvalue weighted by atomic mass is 32.1. The first-order valence-electron chi connectivity index (χ1n) is 8.12. The molecule has 0 N–H and O–H groups in total. The highest BCUT2D eigenvalue weighted by Gasteiger charge is 2.48. The molecule has 1 amide bonds. The zero-order chi connectivity index (χ0) is 20.5. The van der Waals surface area contributed by atoms with E-state index in [2.05, 4.69) is 9.73 Å². The predicted molar refractivity (Wildman–Crippen MR) is 98.0 cm³/mol. The van der Waals surface area contributed by atoms with Gasteiger partial charge in [0.15, 0.2) is 4.80 Å². The number of rotatable bonds is 3. The second kappa shape index (κ2) is 7.59. The lowest BCUT2D eigenvalue weighted by Gasteiger charge is -2.20. The molecule has 5 nitrogen and oxygen atoms in total. The number of aromatic nitrogens is 1. The molecular formula is C19H15F3N2O3S. The second-order valence-corrected chi connectivity index (χ2v) is 6.98. The number of halogens is 3. The van der Waals surface area contributed by atoms with Gasteiger partial charge in [-0.25, -0.2) is 4.79 Å². The van der Waals surface area contributed by atoms with E-state index in [1.807, 2.05) is 6.92 Å². The van der Waals surface area contributed by atoms with Gasteiger partial charge >= 0.3 is 12.1 Å². The van der Waals surface area contributed by atoms with Crippen LogP contribution in [0.1, 0.15) is 22.0 Å². The zero-order valence-electron chi connectivity index (χ0n) is 14.9. The van der Waals surface area contributed by atoms with Crippen molar-refractivity contribution in [1.82, 2.24) is 4.57 Å². The van der Waals surface area contributed by atoms with Crippen LogP contribution in [0.25, 0.3) is 10.2 Å². The van der Waals surface area contributed by atoms with E-state index in [9.17, 15) is 22.8 Å². The van der Waals surface area contributed by atoms with Crippen molar-refractivity contribution in [3.05, 3.63) is 64.5 Å². The topological polar surface area (TPSA) is 60.7 Å². The Morgan fingerprint density at radius 2 is 1.75 bits per heavy atom. The van der Waals surface area contributed by atoms with E-state index >= 15 is 0 Å². The Morgan fingerprint density at radius 3 is 2.36 bits per heavy atom. The molecule has 0 saturated heterocycles. The van der Waals surface area contributed by atoms with Crippen LogP contribution in [0.5, 0.6) is 0 Å². The first kappa shape index (κ1) is 19.8. The maximum absolute atomic E-state index is 13.7. The summed E-state index contributed by atoms with van der Waals surface area (Å²) in [7, 11) is 0.879. The molecule has 9 heteroatoms. The number of ether oxygens (including phenoxy) is 1. The van der Waals surface area contributed by atoms with Gasteiger partial charge in [0.1, 0.15) is 0 Å². The van der Waals surface area contributed by atoms with E-state index in [-0.39, 0.29) is 15.9 Å². The number of nitrogens with zero attached hydrogens (tertiary/aromatic N) is 2. The molecule has 0 bridgehead atoms. The van der Waals surface area contributed by atoms with Crippen molar-refractivity contribution in [2.75, 3.05) is 7.11 Å². The van der Waals surface area contributed by atoms with Crippen LogP contribution in [0.3, 0.4) is 0 Å². The third kappa shape index (κ3) is 3.84. The minimum Gasteiger partial charge on any atom is -0.467 e. The molecule has 0 fully saturated rings. The molecule has 0 aliphatic carbocycles. The van der Waals surface area contributed by atoms with Crippen molar-refractivity contribution >= 4 is 33.4 Å². The highest BCUT2D eigenvalue weighted by Crippen LogP contribution is 2.34. The number of benzene rings is 2. The van der Waals surface area contributed by atoms with Gasteiger partial charge in [-0.2, -0.15) is 18.2 Å². The van der Waals surface area contributed by atoms with Crippen LogP contribution < -0.4 is 4.80 Å². The largest absolute Gasteiger partial charge is 0.467 e. The molecule has 1 aromatic heterocycles. The van der Waals surface area contributed by atoms with Gasteiger partial charge < -0.3 is 4.74 Å². The van der Waals surface area contributed by atoms with Crippen LogP contribution in [0.2, 0.25) is 0 Å². The first-order chi connectivity index (χ1) is 13.2. The highest BCUT2D eigenvalue weighted by molar-refractivity contribution is 7.16. The van der Waals surface area contributed by atoms with Gasteiger partial charge in [-0.15, -0.1) is 0 Å². The number of hydrogen-bond acceptors (Lipinski definition) is 4. The minimum absolute atomic E-state index is 0.135. The molecular weight excluding hydrogens is 393 g/mol. The summed E-state index contributed by atoms with van der Waals surface area (Å²) in [5, 5.41) is 0. The Hall–Kier alpha value is -2.94. The van der Waals surface area contributed by atoms with Gasteiger partial charge in [-0.05, 0) is 31.2 Å². The van der Waals surface area contributed by atoms with E-state index in [0.29, 0.717) is 9.27 Å². The summed E-state index contributed by atoms with van der Waals surface area (Å²) in [5.74, 6) is -2.19. The molecule has 0 aliphatic rings. The molecule has 1 unspecified atom stereocenters. The fourth-order valence-corrected chi connectivity index (χ4v) is 3.71. The maximum atomic E-state index is 13.7. The van der Waals surface area contributed by atoms with Gasteiger partial charge in [0.2, 0.25) is 6.04 Å². The number of carbonyl (C=O) groups is 2. The monoisotopic (exact) mass is 408 g/mol. The number of hydrogen-bond donors (Lipinski definition) is 0. The van der Waals surface area contributed by atoms with E-state index in [1.54, 1.807) is 42.5 Å². The maximum Gasteiger partial charge on any atom is 0.420 e. The number of fused-ring (bicyclic) bond motifs is 1. The third-order valence-electron chi connectivity index (χ3n) is 4.02. The average molecular weight is 408 g/mol. The zero-order valence-corrected chi connectivity index (χ0v) is 15.7. The van der Waals surface area contributed by atoms with Crippen molar-refractivity contribution in [2.24, 2.45) is 4.99 Å². The van der Waals surface area contributed by atoms with Gasteiger partial charge in [-0.1, -0.05) is 41.2 Å². The Kier molecular flexibility index (Phi) is 5.37. The lowest BCUT2D eigenvalue weighted by atomic mass is 10.1. The summed E-state index contributed by atoms with van der Waals surface area (Å²) < 4.78 is 46.6. The SMILES string of the molecule is COC(=O)C(n1c(=NC(=O)c2ccc(C)cc2)sc2ccccc21)C(F)(F)F. The molecule has 0 saturated carbocycles. The van der Waals surface area contributed by atoms with Crippen molar-refractivity contribution < 1.29 is 27.5 Å². The fraction of sp³-hybridized carbons (Fsp3) is 0.211. The molecule has 1 heterocycles. The minimum atomic E-state index is -4.93. The van der Waals surface area contributed by atoms with Crippen LogP contribution in [0.15, 0.2) is 53.5 Å². The molecule has 0 spiro atoms. The van der Waals surface area contributed by atoms with Crippen LogP contribution >= 0.6 is 11.3 Å². The van der Waals surface area contributed by atoms with Crippen LogP contribution in [0, 0.1) is 6.92 Å². The van der Waals surface area contributed by atoms with E-state index in [0.717, 1.165) is 24.0 Å². The van der Waals surface area contributed by atoms with Crippen LogP contribution in [-0.2, 0) is 9.53 Å². The molecule has 3 rings (SSSR count). The number of esters is 1. The number of thiazole rings is 1. The molecule has 2 aromatic carbocycles. The number of amides is 1. The Morgan fingerprint density at radius 1 is 1.11 bits per heavy atom. The van der Waals surface area contributed by atoms with Crippen LogP contribution in [-0.4, -0.2) is 29.7 Å². The number of carbonyl (C=O) groups excluding carboxylic acids is 2. The number of para-hydroxylation sites is 1. The Bertz CT molecular complexity index is 1100. The van der Waals surface area contributed by atoms with E-state index in [4.69, 9.17) is 0 Å². The molecule has 0 aliphatic heterocycles. The number of alkyl halides is 3. The molecule has 1 atom stereocenters. The van der Waals surface area contributed by atoms with Gasteiger partial charge in [0, 0.05) is 5.56 Å². The lowest BCUT2D eigenvalue weighted by Crippen LogP contribution is -2.39. The Labute approximate surface area is 161 Å². The quantitative estimate of drug-likeness (QED) is 0.615. The summed E-state index contributed by atoms with van der Waals surface area (Å²) in [6.45, 7) is 1.84. The van der Waals surface area contributed by atoms with Gasteiger partial charge in [0.25, 0.3) is 5.91 Å². The summed E-state index contributed by atoms with van der Waals surface area (Å²) in [6, 6.07) is 10.1. The fourth-order valence-electron chi connectivity index (χ4n) is 2.66. The second-order valence-electron chi connectivity index (χ2n) is 5.97. The average Bonchev–Trinajstić information content (AvgIpc) is 2.99. The van der Waals surface area contributed by atoms with Crippen molar-refractivity contribution in [2.45, 2.75) is 19.1 Å². The van der Waals surface area contributed by atoms with Gasteiger partial charge in [0.05, 0.1) is 17.3 Å². The summed E-state index contributed by atoms with van der Waals surface area (Å²) in [5.41, 5.74) is 1.29. The van der Waals surface area contributed by atoms with E-state index in [1.165, 1.54) is 6.07 Å². The predicted octanol–water partition coefficient (Wildman–Crippen LogP) is 4.03. The lowest BCUT2D eigenvalue weighted by molar-refractivity contribution is -0.190. The standard InChI is InChI=1S/C19H15F3N2O3S/c1-11-7-9-12(10-8-11)16(25)23-18-24(13-5-3-4-6-14(13)28-18)15(17(26)27-2)19(20,21)22/h3-10,15H,1-2H3. The van der Waals surface area contributed by atoms with Crippen LogP contribution in [0.4, 0.5) is 13.2 Å². The summed E-state index contributed by atoms with van der Waals surface area (Å²) >= 11 is 0.890. The first-order valence-corrected chi connectivity index (χ1v) is 8.94. The van der Waals surface area contributed by atoms with Crippen molar-refractivity contribution in [3.63, 3.8) is 0 Å². The Balaban J connectivity index is 2.25. The molecule has 146 valence electrons. The smallest absolute Gasteiger partial charge is 0.420 e. The number of methoxy groups -OCH3 is 1. The van der Waals surface area contributed by atoms with Gasteiger partial charge in [-0.3, -0.25) is 9.36 Å². The summed E-state index contributed by atoms with van der Waals surface area (Å²) in [4.78, 5) is 28.1. The summed E-state index contributed by atoms with van der Waals surface area (Å²) in [6.07, 6.45) is -4.93. The molecule has 3 aromatic rings. The van der Waals surface area contributed by atoms with Crippen molar-refractivity contribution in [3.8, 4) is 0 Å². The third-order valence-corrected chi connectivity index (χ3v) is 5.06. The van der Waals surface area contributed by atoms with E-state index < -0.39 is 24.1 Å². The number of aryl methyl sites for hydroxylation is 1. The molecule has 0 radical (unpaired) electrons. The normalized spacial score (nSPS) is 13.5. The molecule has 28 heavy (non-hydrogen) atoms. The van der Waals surface area contributed by atoms with Crippen molar-refractivity contribution in [1.29, 1.82) is 0 Å².